The number of nitrogens with zero attached hydrogens (tertiary/aromatic N) is 8. The molecule has 3 aromatic rings. The Balaban J connectivity index is 1.42. The van der Waals surface area contributed by atoms with Crippen molar-refractivity contribution in [3.05, 3.63) is 52.1 Å². The van der Waals surface area contributed by atoms with Gasteiger partial charge in [-0.25, -0.2) is 9.78 Å². The minimum atomic E-state index is -0.476. The molecule has 0 saturated heterocycles. The normalized spacial score (nSPS) is 11.8. The number of aromatic nitrogens is 8. The lowest BCUT2D eigenvalue weighted by Crippen LogP contribution is -2.35. The lowest BCUT2D eigenvalue weighted by atomic mass is 10.2. The predicted molar refractivity (Wildman–Crippen MR) is 121 cm³/mol. The fourth-order valence-corrected chi connectivity index (χ4v) is 4.26. The number of rotatable bonds is 8. The molecule has 0 bridgehead atoms. The maximum atomic E-state index is 13.1. The summed E-state index contributed by atoms with van der Waals surface area (Å²) in [5.74, 6) is 0.447. The molecular formula is C22H22ClN8O2-. The minimum Gasteiger partial charge on any atom is -0.858 e. The molecule has 0 amide bonds. The number of halogens is 1. The van der Waals surface area contributed by atoms with Gasteiger partial charge in [0.25, 0.3) is 0 Å². The van der Waals surface area contributed by atoms with Crippen LogP contribution in [0.2, 0.25) is 5.28 Å². The van der Waals surface area contributed by atoms with Crippen molar-refractivity contribution in [3.8, 4) is 17.4 Å². The van der Waals surface area contributed by atoms with Crippen LogP contribution in [0.1, 0.15) is 38.4 Å². The second-order valence-electron chi connectivity index (χ2n) is 7.95. The monoisotopic (exact) mass is 465 g/mol. The van der Waals surface area contributed by atoms with Gasteiger partial charge >= 0.3 is 5.69 Å². The smallest absolute Gasteiger partial charge is 0.329 e. The third-order valence-corrected chi connectivity index (χ3v) is 5.93. The Morgan fingerprint density at radius 2 is 1.85 bits per heavy atom. The summed E-state index contributed by atoms with van der Waals surface area (Å²) in [6.07, 6.45) is 5.57. The third kappa shape index (κ3) is 3.80. The lowest BCUT2D eigenvalue weighted by molar-refractivity contribution is -0.279. The van der Waals surface area contributed by atoms with E-state index in [1.54, 1.807) is 10.7 Å². The first kappa shape index (κ1) is 21.3. The summed E-state index contributed by atoms with van der Waals surface area (Å²) in [5, 5.41) is 27.9. The summed E-state index contributed by atoms with van der Waals surface area (Å²) in [6.45, 7) is 2.77. The SMILES string of the molecule is CCCCCn1c2nc(Cl)nc-2c([O-])n(CCCc2nnc3c4ccccc4cnn23)c1=O. The van der Waals surface area contributed by atoms with Gasteiger partial charge in [0.2, 0.25) is 5.28 Å². The van der Waals surface area contributed by atoms with Gasteiger partial charge in [-0.05, 0) is 30.3 Å². The Morgan fingerprint density at radius 1 is 1.03 bits per heavy atom. The van der Waals surface area contributed by atoms with Crippen LogP contribution >= 0.6 is 11.6 Å². The molecule has 0 aliphatic carbocycles. The molecule has 10 nitrogen and oxygen atoms in total. The number of unbranched alkanes of at least 4 members (excludes halogenated alkanes) is 2. The summed E-state index contributed by atoms with van der Waals surface area (Å²) >= 11 is 5.95. The minimum absolute atomic E-state index is 0.0308. The van der Waals surface area contributed by atoms with E-state index in [0.29, 0.717) is 30.9 Å². The molecule has 5 rings (SSSR count). The second kappa shape index (κ2) is 8.78. The van der Waals surface area contributed by atoms with Gasteiger partial charge in [0.1, 0.15) is 5.69 Å². The number of hydrogen-bond acceptors (Lipinski definition) is 7. The van der Waals surface area contributed by atoms with E-state index in [4.69, 9.17) is 11.6 Å². The van der Waals surface area contributed by atoms with E-state index in [9.17, 15) is 9.90 Å². The first-order chi connectivity index (χ1) is 16.1. The second-order valence-corrected chi connectivity index (χ2v) is 8.29. The molecule has 0 saturated carbocycles. The van der Waals surface area contributed by atoms with E-state index in [0.717, 1.165) is 30.0 Å². The van der Waals surface area contributed by atoms with Crippen molar-refractivity contribution >= 4 is 28.0 Å². The highest BCUT2D eigenvalue weighted by Gasteiger charge is 2.20. The van der Waals surface area contributed by atoms with E-state index in [1.165, 1.54) is 9.13 Å². The first-order valence-corrected chi connectivity index (χ1v) is 11.4. The van der Waals surface area contributed by atoms with Crippen LogP contribution < -0.4 is 10.8 Å². The van der Waals surface area contributed by atoms with E-state index in [1.807, 2.05) is 24.3 Å². The van der Waals surface area contributed by atoms with Crippen molar-refractivity contribution in [2.24, 2.45) is 0 Å². The van der Waals surface area contributed by atoms with E-state index in [-0.39, 0.29) is 23.3 Å². The van der Waals surface area contributed by atoms with Crippen LogP contribution in [-0.4, -0.2) is 38.9 Å². The number of benzene rings is 1. The van der Waals surface area contributed by atoms with Crippen molar-refractivity contribution < 1.29 is 5.11 Å². The Hall–Kier alpha value is -3.53. The molecule has 2 aliphatic rings. The molecular weight excluding hydrogens is 444 g/mol. The predicted octanol–water partition coefficient (Wildman–Crippen LogP) is 2.69. The van der Waals surface area contributed by atoms with E-state index < -0.39 is 11.6 Å². The highest BCUT2D eigenvalue weighted by Crippen LogP contribution is 2.27. The van der Waals surface area contributed by atoms with Crippen molar-refractivity contribution in [1.29, 1.82) is 0 Å². The van der Waals surface area contributed by atoms with Gasteiger partial charge in [-0.15, -0.1) is 10.2 Å². The average molecular weight is 466 g/mol. The van der Waals surface area contributed by atoms with Crippen LogP contribution in [0, 0.1) is 0 Å². The maximum Gasteiger partial charge on any atom is 0.329 e. The molecule has 2 aliphatic heterocycles. The Kier molecular flexibility index (Phi) is 5.67. The van der Waals surface area contributed by atoms with E-state index >= 15 is 0 Å². The van der Waals surface area contributed by atoms with Crippen LogP contribution in [0.15, 0.2) is 35.3 Å². The van der Waals surface area contributed by atoms with Crippen molar-refractivity contribution in [2.45, 2.75) is 52.1 Å². The van der Waals surface area contributed by atoms with Crippen LogP contribution in [0.4, 0.5) is 0 Å². The van der Waals surface area contributed by atoms with Crippen molar-refractivity contribution in [3.63, 3.8) is 0 Å². The number of hydrogen-bond donors (Lipinski definition) is 0. The van der Waals surface area contributed by atoms with Crippen LogP contribution in [0.3, 0.4) is 0 Å². The molecule has 4 heterocycles. The largest absolute Gasteiger partial charge is 0.858 e. The topological polar surface area (TPSA) is 119 Å². The van der Waals surface area contributed by atoms with Crippen LogP contribution in [0.25, 0.3) is 27.9 Å². The van der Waals surface area contributed by atoms with Gasteiger partial charge in [-0.2, -0.15) is 14.6 Å². The first-order valence-electron chi connectivity index (χ1n) is 11.0. The fourth-order valence-electron chi connectivity index (χ4n) is 4.09. The molecule has 0 radical (unpaired) electrons. The zero-order valence-corrected chi connectivity index (χ0v) is 18.9. The van der Waals surface area contributed by atoms with E-state index in [2.05, 4.69) is 32.2 Å². The molecule has 33 heavy (non-hydrogen) atoms. The molecule has 0 N–H and O–H groups in total. The van der Waals surface area contributed by atoms with Gasteiger partial charge in [0.05, 0.1) is 6.20 Å². The fraction of sp³-hybridized carbons (Fsp3) is 0.364. The number of fused-ring (bicyclic) bond motifs is 4. The Labute approximate surface area is 193 Å². The van der Waals surface area contributed by atoms with Gasteiger partial charge in [0, 0.05) is 30.3 Å². The standard InChI is InChI=1S/C22H23ClN8O2/c1-2-3-6-11-29-19-17(25-21(23)26-19)20(32)30(22(29)33)12-7-10-16-27-28-18-15-9-5-4-8-14(15)13-24-31(16)18/h4-5,8-9,13,32H,2-3,6-7,10-12H2,1H3/p-1. The third-order valence-electron chi connectivity index (χ3n) is 5.77. The van der Waals surface area contributed by atoms with Crippen molar-refractivity contribution in [2.75, 3.05) is 0 Å². The van der Waals surface area contributed by atoms with Crippen LogP contribution in [0.5, 0.6) is 5.88 Å². The highest BCUT2D eigenvalue weighted by atomic mass is 35.5. The van der Waals surface area contributed by atoms with Crippen molar-refractivity contribution in [1.82, 2.24) is 38.9 Å². The summed E-state index contributed by atoms with van der Waals surface area (Å²) < 4.78 is 4.43. The summed E-state index contributed by atoms with van der Waals surface area (Å²) in [7, 11) is 0. The van der Waals surface area contributed by atoms with Gasteiger partial charge in [-0.3, -0.25) is 4.57 Å². The molecule has 0 spiro atoms. The lowest BCUT2D eigenvalue weighted by Gasteiger charge is -2.22. The Morgan fingerprint density at radius 3 is 2.70 bits per heavy atom. The molecule has 170 valence electrons. The van der Waals surface area contributed by atoms with Crippen LogP contribution in [-0.2, 0) is 19.5 Å². The molecule has 11 heteroatoms. The maximum absolute atomic E-state index is 13.1. The molecule has 0 atom stereocenters. The summed E-state index contributed by atoms with van der Waals surface area (Å²) in [4.78, 5) is 21.3. The molecule has 1 aromatic carbocycles. The number of imidazole rings is 1. The number of aryl methyl sites for hydroxylation is 1. The summed E-state index contributed by atoms with van der Waals surface area (Å²) in [6, 6.07) is 7.85. The van der Waals surface area contributed by atoms with Gasteiger partial charge in [-0.1, -0.05) is 44.0 Å². The average Bonchev–Trinajstić information content (AvgIpc) is 3.42. The quantitative estimate of drug-likeness (QED) is 0.255. The van der Waals surface area contributed by atoms with Gasteiger partial charge in [0.15, 0.2) is 17.3 Å². The molecule has 2 aromatic heterocycles. The zero-order chi connectivity index (χ0) is 22.9. The van der Waals surface area contributed by atoms with Gasteiger partial charge < -0.3 is 9.67 Å². The Bertz CT molecular complexity index is 1470. The molecule has 0 unspecified atom stereocenters. The zero-order valence-electron chi connectivity index (χ0n) is 18.1. The summed E-state index contributed by atoms with van der Waals surface area (Å²) in [5.41, 5.74) is 0.411. The molecule has 0 fully saturated rings. The highest BCUT2D eigenvalue weighted by molar-refractivity contribution is 6.28.